The minimum Gasteiger partial charge on any atom is -0.493 e. The van der Waals surface area contributed by atoms with Crippen molar-refractivity contribution in [3.63, 3.8) is 0 Å². The van der Waals surface area contributed by atoms with Gasteiger partial charge in [0.1, 0.15) is 5.75 Å². The molecule has 1 aliphatic rings. The second kappa shape index (κ2) is 5.02. The number of para-hydroxylation sites is 1. The number of hydrogen-bond acceptors (Lipinski definition) is 2. The highest BCUT2D eigenvalue weighted by molar-refractivity contribution is 9.11. The smallest absolute Gasteiger partial charge is 0.124 e. The Bertz CT molecular complexity index is 391. The summed E-state index contributed by atoms with van der Waals surface area (Å²) in [7, 11) is 0. The average Bonchev–Trinajstić information content (AvgIpc) is 2.27. The van der Waals surface area contributed by atoms with Crippen molar-refractivity contribution < 1.29 is 4.74 Å². The van der Waals surface area contributed by atoms with Gasteiger partial charge >= 0.3 is 0 Å². The molecule has 0 saturated heterocycles. The molecule has 1 N–H and O–H groups in total. The van der Waals surface area contributed by atoms with E-state index in [-0.39, 0.29) is 0 Å². The first-order chi connectivity index (χ1) is 7.68. The third-order valence-electron chi connectivity index (χ3n) is 2.84. The lowest BCUT2D eigenvalue weighted by Crippen LogP contribution is -2.34. The Morgan fingerprint density at radius 3 is 3.06 bits per heavy atom. The molecule has 0 aromatic heterocycles. The summed E-state index contributed by atoms with van der Waals surface area (Å²) >= 11 is 3.37. The van der Waals surface area contributed by atoms with Gasteiger partial charge in [0.15, 0.2) is 0 Å². The van der Waals surface area contributed by atoms with Crippen LogP contribution in [0.25, 0.3) is 0 Å². The van der Waals surface area contributed by atoms with E-state index in [4.69, 9.17) is 4.74 Å². The van der Waals surface area contributed by atoms with Crippen LogP contribution in [0.4, 0.5) is 0 Å². The first-order valence-electron chi connectivity index (χ1n) is 5.47. The fourth-order valence-corrected chi connectivity index (χ4v) is 2.19. The van der Waals surface area contributed by atoms with Gasteiger partial charge in [0.25, 0.3) is 0 Å². The van der Waals surface area contributed by atoms with Crippen molar-refractivity contribution in [2.24, 2.45) is 5.92 Å². The highest BCUT2D eigenvalue weighted by Gasteiger charge is 2.26. The number of hydrogen-bond donors (Lipinski definition) is 1. The molecule has 0 saturated carbocycles. The van der Waals surface area contributed by atoms with E-state index in [0.29, 0.717) is 12.0 Å². The molecule has 0 bridgehead atoms. The molecule has 0 aliphatic carbocycles. The molecule has 2 atom stereocenters. The highest BCUT2D eigenvalue weighted by atomic mass is 79.9. The van der Waals surface area contributed by atoms with Crippen LogP contribution in [0.15, 0.2) is 35.3 Å². The number of nitrogens with one attached hydrogen (secondary N) is 1. The zero-order chi connectivity index (χ0) is 11.5. The SMILES string of the molecule is C=C(Br)CNC1c2ccccc2OCC1C. The summed E-state index contributed by atoms with van der Waals surface area (Å²) in [4.78, 5) is 0. The molecule has 2 rings (SSSR count). The van der Waals surface area contributed by atoms with Gasteiger partial charge in [0, 0.05) is 28.6 Å². The van der Waals surface area contributed by atoms with Crippen molar-refractivity contribution in [1.82, 2.24) is 5.32 Å². The Labute approximate surface area is 105 Å². The Balaban J connectivity index is 2.19. The molecule has 1 heterocycles. The molecule has 0 fully saturated rings. The van der Waals surface area contributed by atoms with Gasteiger partial charge in [-0.25, -0.2) is 0 Å². The summed E-state index contributed by atoms with van der Waals surface area (Å²) in [6.45, 7) is 7.59. The second-order valence-corrected chi connectivity index (χ2v) is 5.32. The topological polar surface area (TPSA) is 21.3 Å². The van der Waals surface area contributed by atoms with Crippen LogP contribution in [0.5, 0.6) is 5.75 Å². The summed E-state index contributed by atoms with van der Waals surface area (Å²) in [5, 5.41) is 3.50. The fraction of sp³-hybridized carbons (Fsp3) is 0.385. The molecule has 1 aromatic rings. The van der Waals surface area contributed by atoms with Crippen molar-refractivity contribution in [2.75, 3.05) is 13.2 Å². The molecule has 0 amide bonds. The van der Waals surface area contributed by atoms with Crippen molar-refractivity contribution >= 4 is 15.9 Å². The minimum atomic E-state index is 0.347. The zero-order valence-electron chi connectivity index (χ0n) is 9.37. The largest absolute Gasteiger partial charge is 0.493 e. The summed E-state index contributed by atoms with van der Waals surface area (Å²) in [5.74, 6) is 1.47. The molecule has 1 aromatic carbocycles. The number of benzene rings is 1. The average molecular weight is 282 g/mol. The summed E-state index contributed by atoms with van der Waals surface area (Å²) in [5.41, 5.74) is 1.25. The minimum absolute atomic E-state index is 0.347. The summed E-state index contributed by atoms with van der Waals surface area (Å²) in [6, 6.07) is 8.56. The number of fused-ring (bicyclic) bond motifs is 1. The lowest BCUT2D eigenvalue weighted by molar-refractivity contribution is 0.191. The molecule has 0 radical (unpaired) electrons. The van der Waals surface area contributed by atoms with Gasteiger partial charge < -0.3 is 10.1 Å². The van der Waals surface area contributed by atoms with E-state index in [0.717, 1.165) is 23.4 Å². The Hall–Kier alpha value is -0.800. The van der Waals surface area contributed by atoms with Gasteiger partial charge in [-0.1, -0.05) is 47.6 Å². The maximum atomic E-state index is 5.70. The van der Waals surface area contributed by atoms with Crippen LogP contribution in [0.2, 0.25) is 0 Å². The predicted molar refractivity (Wildman–Crippen MR) is 69.9 cm³/mol. The van der Waals surface area contributed by atoms with Crippen LogP contribution in [0, 0.1) is 5.92 Å². The van der Waals surface area contributed by atoms with E-state index in [1.807, 2.05) is 12.1 Å². The van der Waals surface area contributed by atoms with Gasteiger partial charge in [-0.3, -0.25) is 0 Å². The van der Waals surface area contributed by atoms with Gasteiger partial charge in [-0.2, -0.15) is 0 Å². The van der Waals surface area contributed by atoms with Crippen molar-refractivity contribution in [3.05, 3.63) is 40.9 Å². The maximum Gasteiger partial charge on any atom is 0.124 e. The van der Waals surface area contributed by atoms with Crippen LogP contribution < -0.4 is 10.1 Å². The molecular formula is C13H16BrNO. The Morgan fingerprint density at radius 2 is 2.31 bits per heavy atom. The van der Waals surface area contributed by atoms with E-state index in [1.54, 1.807) is 0 Å². The predicted octanol–water partition coefficient (Wildman–Crippen LogP) is 3.25. The highest BCUT2D eigenvalue weighted by Crippen LogP contribution is 2.34. The second-order valence-electron chi connectivity index (χ2n) is 4.20. The molecule has 86 valence electrons. The molecule has 2 nitrogen and oxygen atoms in total. The van der Waals surface area contributed by atoms with E-state index < -0.39 is 0 Å². The zero-order valence-corrected chi connectivity index (χ0v) is 11.0. The Kier molecular flexibility index (Phi) is 3.66. The van der Waals surface area contributed by atoms with Crippen LogP contribution in [-0.4, -0.2) is 13.2 Å². The van der Waals surface area contributed by atoms with Gasteiger partial charge in [0.05, 0.1) is 6.61 Å². The third-order valence-corrected chi connectivity index (χ3v) is 3.12. The first-order valence-corrected chi connectivity index (χ1v) is 6.26. The fourth-order valence-electron chi connectivity index (χ4n) is 2.02. The van der Waals surface area contributed by atoms with Crippen LogP contribution in [-0.2, 0) is 0 Å². The van der Waals surface area contributed by atoms with Crippen molar-refractivity contribution in [3.8, 4) is 5.75 Å². The number of rotatable bonds is 3. The van der Waals surface area contributed by atoms with E-state index in [9.17, 15) is 0 Å². The lowest BCUT2D eigenvalue weighted by atomic mass is 9.92. The molecule has 2 unspecified atom stereocenters. The van der Waals surface area contributed by atoms with Crippen molar-refractivity contribution in [2.45, 2.75) is 13.0 Å². The normalized spacial score (nSPS) is 23.4. The molecule has 1 aliphatic heterocycles. The first kappa shape index (κ1) is 11.7. The lowest BCUT2D eigenvalue weighted by Gasteiger charge is -2.32. The van der Waals surface area contributed by atoms with E-state index in [2.05, 4.69) is 46.9 Å². The summed E-state index contributed by atoms with van der Waals surface area (Å²) < 4.78 is 6.67. The van der Waals surface area contributed by atoms with Crippen LogP contribution >= 0.6 is 15.9 Å². The standard InChI is InChI=1S/C13H16BrNO/c1-9-8-16-12-6-4-3-5-11(12)13(9)15-7-10(2)14/h3-6,9,13,15H,2,7-8H2,1H3. The Morgan fingerprint density at radius 1 is 1.56 bits per heavy atom. The molecule has 16 heavy (non-hydrogen) atoms. The number of halogens is 1. The maximum absolute atomic E-state index is 5.70. The molecule has 0 spiro atoms. The monoisotopic (exact) mass is 281 g/mol. The third kappa shape index (κ3) is 2.47. The van der Waals surface area contributed by atoms with Gasteiger partial charge in [-0.05, 0) is 6.07 Å². The molecular weight excluding hydrogens is 266 g/mol. The van der Waals surface area contributed by atoms with Crippen molar-refractivity contribution in [1.29, 1.82) is 0 Å². The quantitative estimate of drug-likeness (QED) is 0.918. The van der Waals surface area contributed by atoms with Crippen LogP contribution in [0.1, 0.15) is 18.5 Å². The van der Waals surface area contributed by atoms with E-state index in [1.165, 1.54) is 5.56 Å². The van der Waals surface area contributed by atoms with Gasteiger partial charge in [-0.15, -0.1) is 0 Å². The van der Waals surface area contributed by atoms with Gasteiger partial charge in [0.2, 0.25) is 0 Å². The van der Waals surface area contributed by atoms with E-state index >= 15 is 0 Å². The molecule has 3 heteroatoms. The summed E-state index contributed by atoms with van der Waals surface area (Å²) in [6.07, 6.45) is 0. The van der Waals surface area contributed by atoms with Crippen LogP contribution in [0.3, 0.4) is 0 Å². The number of ether oxygens (including phenoxy) is 1.